The Hall–Kier alpha value is 0.730. The fraction of sp³-hybridized carbons (Fsp3) is 1.00. The fourth-order valence-electron chi connectivity index (χ4n) is 0.948. The van der Waals surface area contributed by atoms with Crippen molar-refractivity contribution in [2.24, 2.45) is 11.8 Å². The molecule has 0 aromatic heterocycles. The topological polar surface area (TPSA) is 0 Å². The summed E-state index contributed by atoms with van der Waals surface area (Å²) in [6, 6.07) is 0. The standard InChI is InChI=1S/C9H19I/c1-8(2)4-5-9(3)6-7-10/h8-9H,4-7H2,1-3H3/t9-/m1/s1. The van der Waals surface area contributed by atoms with E-state index in [9.17, 15) is 0 Å². The molecule has 10 heavy (non-hydrogen) atoms. The van der Waals surface area contributed by atoms with Crippen LogP contribution in [0.2, 0.25) is 0 Å². The Bertz CT molecular complexity index is 69.1. The molecular weight excluding hydrogens is 235 g/mol. The van der Waals surface area contributed by atoms with Crippen molar-refractivity contribution < 1.29 is 0 Å². The summed E-state index contributed by atoms with van der Waals surface area (Å²) in [6.45, 7) is 6.97. The van der Waals surface area contributed by atoms with Crippen LogP contribution in [0.5, 0.6) is 0 Å². The van der Waals surface area contributed by atoms with Crippen LogP contribution in [0.15, 0.2) is 0 Å². The molecule has 0 aromatic rings. The second-order valence-corrected chi connectivity index (χ2v) is 4.63. The zero-order valence-corrected chi connectivity index (χ0v) is 9.52. The molecular formula is C9H19I. The summed E-state index contributed by atoms with van der Waals surface area (Å²) in [5, 5.41) is 0. The number of hydrogen-bond donors (Lipinski definition) is 0. The predicted octanol–water partition coefficient (Wildman–Crippen LogP) is 3.88. The molecule has 0 aliphatic heterocycles. The average Bonchev–Trinajstić information content (AvgIpc) is 1.85. The summed E-state index contributed by atoms with van der Waals surface area (Å²) >= 11 is 2.46. The minimum absolute atomic E-state index is 0.886. The van der Waals surface area contributed by atoms with Crippen LogP contribution < -0.4 is 0 Å². The largest absolute Gasteiger partial charge is 0.0864 e. The van der Waals surface area contributed by atoms with Crippen molar-refractivity contribution in [3.05, 3.63) is 0 Å². The Morgan fingerprint density at radius 2 is 1.60 bits per heavy atom. The second kappa shape index (κ2) is 6.44. The summed E-state index contributed by atoms with van der Waals surface area (Å²) in [5.41, 5.74) is 0. The molecule has 0 rings (SSSR count). The number of alkyl halides is 1. The molecule has 1 heteroatoms. The lowest BCUT2D eigenvalue weighted by atomic mass is 9.98. The van der Waals surface area contributed by atoms with Crippen LogP contribution in [0.3, 0.4) is 0 Å². The Morgan fingerprint density at radius 1 is 1.00 bits per heavy atom. The van der Waals surface area contributed by atoms with Crippen molar-refractivity contribution in [1.29, 1.82) is 0 Å². The van der Waals surface area contributed by atoms with E-state index in [2.05, 4.69) is 43.4 Å². The summed E-state index contributed by atoms with van der Waals surface area (Å²) in [4.78, 5) is 0. The lowest BCUT2D eigenvalue weighted by Crippen LogP contribution is -1.97. The third-order valence-electron chi connectivity index (χ3n) is 1.84. The first-order valence-electron chi connectivity index (χ1n) is 4.22. The van der Waals surface area contributed by atoms with Gasteiger partial charge in [-0.1, -0.05) is 56.2 Å². The van der Waals surface area contributed by atoms with E-state index in [1.54, 1.807) is 0 Å². The molecule has 0 saturated heterocycles. The molecule has 0 aromatic carbocycles. The zero-order chi connectivity index (χ0) is 7.98. The molecule has 0 N–H and O–H groups in total. The molecule has 0 heterocycles. The van der Waals surface area contributed by atoms with E-state index in [0.29, 0.717) is 0 Å². The Labute approximate surface area is 78.9 Å². The van der Waals surface area contributed by atoms with E-state index in [0.717, 1.165) is 11.8 Å². The molecule has 0 nitrogen and oxygen atoms in total. The fourth-order valence-corrected chi connectivity index (χ4v) is 2.01. The highest BCUT2D eigenvalue weighted by molar-refractivity contribution is 14.1. The van der Waals surface area contributed by atoms with Crippen LogP contribution in [-0.2, 0) is 0 Å². The maximum atomic E-state index is 2.46. The maximum absolute atomic E-state index is 2.46. The second-order valence-electron chi connectivity index (χ2n) is 3.55. The molecule has 0 saturated carbocycles. The van der Waals surface area contributed by atoms with Gasteiger partial charge in [0, 0.05) is 0 Å². The molecule has 0 amide bonds. The normalized spacial score (nSPS) is 14.1. The highest BCUT2D eigenvalue weighted by atomic mass is 127. The summed E-state index contributed by atoms with van der Waals surface area (Å²) in [6.07, 6.45) is 4.21. The third-order valence-corrected chi connectivity index (χ3v) is 2.46. The maximum Gasteiger partial charge on any atom is -0.000219 e. The monoisotopic (exact) mass is 254 g/mol. The first-order valence-corrected chi connectivity index (χ1v) is 5.75. The smallest absolute Gasteiger partial charge is 0.000219 e. The van der Waals surface area contributed by atoms with Gasteiger partial charge in [-0.2, -0.15) is 0 Å². The molecule has 0 unspecified atom stereocenters. The van der Waals surface area contributed by atoms with E-state index in [1.165, 1.54) is 23.7 Å². The van der Waals surface area contributed by atoms with Crippen LogP contribution in [0.1, 0.15) is 40.0 Å². The van der Waals surface area contributed by atoms with E-state index < -0.39 is 0 Å². The highest BCUT2D eigenvalue weighted by Gasteiger charge is 2.01. The first-order chi connectivity index (χ1) is 4.66. The molecule has 0 spiro atoms. The molecule has 0 bridgehead atoms. The van der Waals surface area contributed by atoms with Crippen LogP contribution in [-0.4, -0.2) is 4.43 Å². The first kappa shape index (κ1) is 10.7. The molecule has 0 aliphatic rings. The van der Waals surface area contributed by atoms with Crippen molar-refractivity contribution in [3.8, 4) is 0 Å². The SMILES string of the molecule is CC(C)CC[C@@H](C)CCI. The molecule has 0 radical (unpaired) electrons. The average molecular weight is 254 g/mol. The number of halogens is 1. The van der Waals surface area contributed by atoms with Crippen LogP contribution in [0.4, 0.5) is 0 Å². The predicted molar refractivity (Wildman–Crippen MR) is 56.7 cm³/mol. The molecule has 0 aliphatic carbocycles. The van der Waals surface area contributed by atoms with Gasteiger partial charge in [-0.3, -0.25) is 0 Å². The minimum Gasteiger partial charge on any atom is -0.0864 e. The van der Waals surface area contributed by atoms with Gasteiger partial charge in [0.25, 0.3) is 0 Å². The molecule has 62 valence electrons. The third kappa shape index (κ3) is 6.84. The van der Waals surface area contributed by atoms with Crippen LogP contribution >= 0.6 is 22.6 Å². The molecule has 0 fully saturated rings. The quantitative estimate of drug-likeness (QED) is 0.516. The number of rotatable bonds is 5. The zero-order valence-electron chi connectivity index (χ0n) is 7.36. The van der Waals surface area contributed by atoms with Gasteiger partial charge in [0.1, 0.15) is 0 Å². The lowest BCUT2D eigenvalue weighted by Gasteiger charge is -2.10. The van der Waals surface area contributed by atoms with Crippen molar-refractivity contribution in [2.45, 2.75) is 40.0 Å². The van der Waals surface area contributed by atoms with Crippen molar-refractivity contribution in [3.63, 3.8) is 0 Å². The van der Waals surface area contributed by atoms with Crippen molar-refractivity contribution >= 4 is 22.6 Å². The Balaban J connectivity index is 3.12. The van der Waals surface area contributed by atoms with Gasteiger partial charge in [0.2, 0.25) is 0 Å². The summed E-state index contributed by atoms with van der Waals surface area (Å²) in [5.74, 6) is 1.83. The lowest BCUT2D eigenvalue weighted by molar-refractivity contribution is 0.445. The molecule has 1 atom stereocenters. The van der Waals surface area contributed by atoms with Crippen molar-refractivity contribution in [1.82, 2.24) is 0 Å². The van der Waals surface area contributed by atoms with Crippen LogP contribution in [0.25, 0.3) is 0 Å². The van der Waals surface area contributed by atoms with Crippen LogP contribution in [0, 0.1) is 11.8 Å². The minimum atomic E-state index is 0.886. The van der Waals surface area contributed by atoms with Gasteiger partial charge < -0.3 is 0 Å². The van der Waals surface area contributed by atoms with E-state index in [4.69, 9.17) is 0 Å². The summed E-state index contributed by atoms with van der Waals surface area (Å²) in [7, 11) is 0. The Kier molecular flexibility index (Phi) is 6.91. The van der Waals surface area contributed by atoms with Gasteiger partial charge in [-0.25, -0.2) is 0 Å². The van der Waals surface area contributed by atoms with Gasteiger partial charge in [0.15, 0.2) is 0 Å². The van der Waals surface area contributed by atoms with Gasteiger partial charge in [0.05, 0.1) is 0 Å². The summed E-state index contributed by atoms with van der Waals surface area (Å²) < 4.78 is 1.32. The van der Waals surface area contributed by atoms with E-state index >= 15 is 0 Å². The van der Waals surface area contributed by atoms with E-state index in [-0.39, 0.29) is 0 Å². The van der Waals surface area contributed by atoms with Gasteiger partial charge in [-0.15, -0.1) is 0 Å². The Morgan fingerprint density at radius 3 is 2.00 bits per heavy atom. The van der Waals surface area contributed by atoms with Crippen molar-refractivity contribution in [2.75, 3.05) is 4.43 Å². The number of hydrogen-bond acceptors (Lipinski definition) is 0. The van der Waals surface area contributed by atoms with E-state index in [1.807, 2.05) is 0 Å². The van der Waals surface area contributed by atoms with Gasteiger partial charge >= 0.3 is 0 Å². The highest BCUT2D eigenvalue weighted by Crippen LogP contribution is 2.15. The van der Waals surface area contributed by atoms with Gasteiger partial charge in [-0.05, 0) is 22.7 Å².